The van der Waals surface area contributed by atoms with Gasteiger partial charge in [0.2, 0.25) is 0 Å². The molecule has 0 spiro atoms. The maximum atomic E-state index is 5.55. The molecule has 3 rings (SSSR count). The summed E-state index contributed by atoms with van der Waals surface area (Å²) in [6.45, 7) is 4.11. The highest BCUT2D eigenvalue weighted by Crippen LogP contribution is 2.33. The highest BCUT2D eigenvalue weighted by Gasteiger charge is 2.14. The minimum absolute atomic E-state index is 0.594. The summed E-state index contributed by atoms with van der Waals surface area (Å²) in [6, 6.07) is 5.84. The van der Waals surface area contributed by atoms with Gasteiger partial charge in [-0.3, -0.25) is 0 Å². The second kappa shape index (κ2) is 4.08. The normalized spacial score (nSPS) is 13.7. The number of rotatable bonds is 2. The van der Waals surface area contributed by atoms with Gasteiger partial charge in [-0.2, -0.15) is 0 Å². The Kier molecular flexibility index (Phi) is 2.44. The van der Waals surface area contributed by atoms with Crippen LogP contribution in [0.4, 0.5) is 0 Å². The van der Waals surface area contributed by atoms with Gasteiger partial charge in [-0.05, 0) is 25.1 Å². The van der Waals surface area contributed by atoms with Crippen molar-refractivity contribution in [2.75, 3.05) is 13.2 Å². The molecule has 88 valence electrons. The third kappa shape index (κ3) is 1.73. The lowest BCUT2D eigenvalue weighted by atomic mass is 10.2. The van der Waals surface area contributed by atoms with Gasteiger partial charge in [0.1, 0.15) is 19.5 Å². The van der Waals surface area contributed by atoms with Crippen LogP contribution in [0.1, 0.15) is 6.92 Å². The smallest absolute Gasteiger partial charge is 0.163 e. The van der Waals surface area contributed by atoms with Crippen LogP contribution in [0.15, 0.2) is 24.5 Å². The fraction of sp³-hybridized carbons (Fsp3) is 0.333. The van der Waals surface area contributed by atoms with E-state index in [2.05, 4.69) is 17.1 Å². The van der Waals surface area contributed by atoms with Gasteiger partial charge in [0.15, 0.2) is 17.3 Å². The van der Waals surface area contributed by atoms with Crippen molar-refractivity contribution >= 4 is 0 Å². The van der Waals surface area contributed by atoms with Crippen LogP contribution in [0.3, 0.4) is 0 Å². The van der Waals surface area contributed by atoms with Crippen molar-refractivity contribution in [1.29, 1.82) is 0 Å². The van der Waals surface area contributed by atoms with Gasteiger partial charge in [-0.15, -0.1) is 10.2 Å². The Balaban J connectivity index is 2.04. The SMILES string of the molecule is CCn1cnnc1-c1ccc2c(c1)OCCO2. The van der Waals surface area contributed by atoms with Crippen molar-refractivity contribution in [3.63, 3.8) is 0 Å². The molecule has 5 heteroatoms. The van der Waals surface area contributed by atoms with Crippen molar-refractivity contribution in [2.24, 2.45) is 0 Å². The first kappa shape index (κ1) is 10.1. The molecule has 0 radical (unpaired) electrons. The van der Waals surface area contributed by atoms with Crippen molar-refractivity contribution in [2.45, 2.75) is 13.5 Å². The summed E-state index contributed by atoms with van der Waals surface area (Å²) in [5.74, 6) is 2.42. The number of fused-ring (bicyclic) bond motifs is 1. The van der Waals surface area contributed by atoms with Gasteiger partial charge in [0.05, 0.1) is 0 Å². The Morgan fingerprint density at radius 3 is 2.88 bits per heavy atom. The largest absolute Gasteiger partial charge is 0.486 e. The molecule has 2 aromatic rings. The molecule has 1 aliphatic rings. The molecule has 1 aliphatic heterocycles. The van der Waals surface area contributed by atoms with Crippen molar-refractivity contribution in [3.05, 3.63) is 24.5 Å². The van der Waals surface area contributed by atoms with Gasteiger partial charge < -0.3 is 14.0 Å². The standard InChI is InChI=1S/C12H13N3O2/c1-2-15-8-13-14-12(15)9-3-4-10-11(7-9)17-6-5-16-10/h3-4,7-8H,2,5-6H2,1H3. The van der Waals surface area contributed by atoms with Gasteiger partial charge in [-0.25, -0.2) is 0 Å². The Labute approximate surface area is 99.0 Å². The zero-order valence-electron chi connectivity index (χ0n) is 9.59. The summed E-state index contributed by atoms with van der Waals surface area (Å²) in [7, 11) is 0. The molecule has 0 aliphatic carbocycles. The van der Waals surface area contributed by atoms with Gasteiger partial charge in [0.25, 0.3) is 0 Å². The summed E-state index contributed by atoms with van der Waals surface area (Å²) in [4.78, 5) is 0. The van der Waals surface area contributed by atoms with E-state index in [-0.39, 0.29) is 0 Å². The fourth-order valence-corrected chi connectivity index (χ4v) is 1.89. The summed E-state index contributed by atoms with van der Waals surface area (Å²) >= 11 is 0. The number of ether oxygens (including phenoxy) is 2. The molecular formula is C12H13N3O2. The van der Waals surface area contributed by atoms with E-state index in [0.717, 1.165) is 29.4 Å². The molecule has 5 nitrogen and oxygen atoms in total. The van der Waals surface area contributed by atoms with E-state index in [9.17, 15) is 0 Å². The highest BCUT2D eigenvalue weighted by atomic mass is 16.6. The summed E-state index contributed by atoms with van der Waals surface area (Å²) in [5.41, 5.74) is 0.994. The van der Waals surface area contributed by atoms with Crippen LogP contribution >= 0.6 is 0 Å². The first-order chi connectivity index (χ1) is 8.38. The molecule has 0 atom stereocenters. The summed E-state index contributed by atoms with van der Waals surface area (Å²) in [6.07, 6.45) is 1.73. The average Bonchev–Trinajstić information content (AvgIpc) is 2.86. The molecule has 0 saturated heterocycles. The number of aromatic nitrogens is 3. The van der Waals surface area contributed by atoms with E-state index in [0.29, 0.717) is 13.2 Å². The predicted octanol–water partition coefficient (Wildman–Crippen LogP) is 1.74. The number of hydrogen-bond donors (Lipinski definition) is 0. The topological polar surface area (TPSA) is 49.2 Å². The number of hydrogen-bond acceptors (Lipinski definition) is 4. The molecule has 17 heavy (non-hydrogen) atoms. The van der Waals surface area contributed by atoms with Crippen LogP contribution < -0.4 is 9.47 Å². The lowest BCUT2D eigenvalue weighted by Crippen LogP contribution is -2.15. The zero-order chi connectivity index (χ0) is 11.7. The minimum Gasteiger partial charge on any atom is -0.486 e. The second-order valence-corrected chi connectivity index (χ2v) is 3.80. The Morgan fingerprint density at radius 1 is 1.24 bits per heavy atom. The number of nitrogens with zero attached hydrogens (tertiary/aromatic N) is 3. The fourth-order valence-electron chi connectivity index (χ4n) is 1.89. The molecule has 0 N–H and O–H groups in total. The molecule has 0 bridgehead atoms. The van der Waals surface area contributed by atoms with Gasteiger partial charge >= 0.3 is 0 Å². The van der Waals surface area contributed by atoms with Crippen LogP contribution in [0.25, 0.3) is 11.4 Å². The summed E-state index contributed by atoms with van der Waals surface area (Å²) < 4.78 is 13.0. The van der Waals surface area contributed by atoms with E-state index >= 15 is 0 Å². The van der Waals surface area contributed by atoms with E-state index < -0.39 is 0 Å². The number of aryl methyl sites for hydroxylation is 1. The monoisotopic (exact) mass is 231 g/mol. The van der Waals surface area contributed by atoms with E-state index in [1.165, 1.54) is 0 Å². The predicted molar refractivity (Wildman–Crippen MR) is 62.1 cm³/mol. The highest BCUT2D eigenvalue weighted by molar-refractivity contribution is 5.61. The van der Waals surface area contributed by atoms with Crippen molar-refractivity contribution < 1.29 is 9.47 Å². The van der Waals surface area contributed by atoms with Crippen LogP contribution in [0, 0.1) is 0 Å². The van der Waals surface area contributed by atoms with Crippen molar-refractivity contribution in [3.8, 4) is 22.9 Å². The Bertz CT molecular complexity index is 536. The van der Waals surface area contributed by atoms with Crippen LogP contribution in [0.5, 0.6) is 11.5 Å². The van der Waals surface area contributed by atoms with Gasteiger partial charge in [-0.1, -0.05) is 0 Å². The van der Waals surface area contributed by atoms with Crippen molar-refractivity contribution in [1.82, 2.24) is 14.8 Å². The quantitative estimate of drug-likeness (QED) is 0.789. The molecule has 1 aromatic heterocycles. The van der Waals surface area contributed by atoms with Crippen LogP contribution in [-0.4, -0.2) is 28.0 Å². The van der Waals surface area contributed by atoms with E-state index in [1.807, 2.05) is 22.8 Å². The first-order valence-electron chi connectivity index (χ1n) is 5.66. The second-order valence-electron chi connectivity index (χ2n) is 3.80. The average molecular weight is 231 g/mol. The number of benzene rings is 1. The molecule has 0 unspecified atom stereocenters. The molecule has 1 aromatic carbocycles. The van der Waals surface area contributed by atoms with E-state index in [4.69, 9.17) is 9.47 Å². The van der Waals surface area contributed by atoms with E-state index in [1.54, 1.807) is 6.33 Å². The molecular weight excluding hydrogens is 218 g/mol. The maximum absolute atomic E-state index is 5.55. The molecule has 0 amide bonds. The minimum atomic E-state index is 0.594. The van der Waals surface area contributed by atoms with Crippen LogP contribution in [-0.2, 0) is 6.54 Å². The first-order valence-corrected chi connectivity index (χ1v) is 5.66. The molecule has 0 fully saturated rings. The maximum Gasteiger partial charge on any atom is 0.163 e. The Hall–Kier alpha value is -2.04. The lowest BCUT2D eigenvalue weighted by molar-refractivity contribution is 0.171. The summed E-state index contributed by atoms with van der Waals surface area (Å²) in [5, 5.41) is 8.05. The third-order valence-electron chi connectivity index (χ3n) is 2.76. The molecule has 2 heterocycles. The Morgan fingerprint density at radius 2 is 2.06 bits per heavy atom. The zero-order valence-corrected chi connectivity index (χ0v) is 9.59. The van der Waals surface area contributed by atoms with Crippen LogP contribution in [0.2, 0.25) is 0 Å². The third-order valence-corrected chi connectivity index (χ3v) is 2.76. The lowest BCUT2D eigenvalue weighted by Gasteiger charge is -2.18. The van der Waals surface area contributed by atoms with Gasteiger partial charge in [0, 0.05) is 12.1 Å². The molecule has 0 saturated carbocycles.